The van der Waals surface area contributed by atoms with Crippen LogP contribution in [-0.2, 0) is 13.5 Å². The Balaban J connectivity index is 1.70. The van der Waals surface area contributed by atoms with Crippen molar-refractivity contribution in [3.8, 4) is 0 Å². The number of hydrogen-bond donors (Lipinski definition) is 1. The van der Waals surface area contributed by atoms with Crippen molar-refractivity contribution in [3.63, 3.8) is 0 Å². The van der Waals surface area contributed by atoms with Crippen molar-refractivity contribution in [2.24, 2.45) is 7.05 Å². The third-order valence-electron chi connectivity index (χ3n) is 3.84. The van der Waals surface area contributed by atoms with Crippen LogP contribution in [0.3, 0.4) is 0 Å². The number of fused-ring (bicyclic) bond motifs is 1. The molecule has 7 heteroatoms. The van der Waals surface area contributed by atoms with E-state index in [1.807, 2.05) is 29.8 Å². The van der Waals surface area contributed by atoms with Gasteiger partial charge in [0.2, 0.25) is 0 Å². The minimum Gasteiger partial charge on any atom is -0.352 e. The summed E-state index contributed by atoms with van der Waals surface area (Å²) in [6, 6.07) is 13.6. The zero-order valence-corrected chi connectivity index (χ0v) is 13.1. The Bertz CT molecular complexity index is 903. The second kappa shape index (κ2) is 6.49. The second-order valence-electron chi connectivity index (χ2n) is 5.39. The van der Waals surface area contributed by atoms with Crippen LogP contribution < -0.4 is 5.32 Å². The van der Waals surface area contributed by atoms with E-state index in [0.29, 0.717) is 24.0 Å². The molecule has 0 bridgehead atoms. The smallest absolute Gasteiger partial charge is 0.271 e. The summed E-state index contributed by atoms with van der Waals surface area (Å²) in [6.45, 7) is 0.437. The van der Waals surface area contributed by atoms with E-state index in [1.165, 1.54) is 12.1 Å². The second-order valence-corrected chi connectivity index (χ2v) is 5.39. The van der Waals surface area contributed by atoms with Crippen LogP contribution in [0.5, 0.6) is 0 Å². The molecule has 0 aliphatic carbocycles. The lowest BCUT2D eigenvalue weighted by Gasteiger charge is -2.05. The predicted molar refractivity (Wildman–Crippen MR) is 89.8 cm³/mol. The van der Waals surface area contributed by atoms with Crippen molar-refractivity contribution in [1.82, 2.24) is 14.9 Å². The van der Waals surface area contributed by atoms with Gasteiger partial charge in [-0.3, -0.25) is 14.9 Å². The fraction of sp³-hybridized carbons (Fsp3) is 0.176. The highest BCUT2D eigenvalue weighted by molar-refractivity contribution is 5.94. The molecular weight excluding hydrogens is 308 g/mol. The maximum Gasteiger partial charge on any atom is 0.271 e. The number of carbonyl (C=O) groups is 1. The Hall–Kier alpha value is -3.22. The number of nitro groups is 1. The first-order valence-electron chi connectivity index (χ1n) is 7.49. The van der Waals surface area contributed by atoms with Gasteiger partial charge in [0.1, 0.15) is 5.82 Å². The number of benzene rings is 2. The lowest BCUT2D eigenvalue weighted by molar-refractivity contribution is -0.384. The zero-order chi connectivity index (χ0) is 17.1. The molecule has 0 saturated heterocycles. The summed E-state index contributed by atoms with van der Waals surface area (Å²) in [7, 11) is 1.86. The van der Waals surface area contributed by atoms with Gasteiger partial charge >= 0.3 is 0 Å². The summed E-state index contributed by atoms with van der Waals surface area (Å²) in [5.41, 5.74) is 2.03. The third kappa shape index (κ3) is 3.10. The van der Waals surface area contributed by atoms with Crippen LogP contribution in [0.2, 0.25) is 0 Å². The van der Waals surface area contributed by atoms with Gasteiger partial charge in [-0.25, -0.2) is 4.98 Å². The number of aromatic nitrogens is 2. The Kier molecular flexibility index (Phi) is 4.24. The summed E-state index contributed by atoms with van der Waals surface area (Å²) < 4.78 is 1.88. The number of hydrogen-bond acceptors (Lipinski definition) is 4. The molecule has 24 heavy (non-hydrogen) atoms. The number of carbonyl (C=O) groups excluding carboxylic acids is 1. The summed E-state index contributed by atoms with van der Waals surface area (Å²) in [5, 5.41) is 13.7. The molecule has 2 aromatic carbocycles. The first kappa shape index (κ1) is 15.7. The molecule has 1 aromatic heterocycles. The molecule has 1 N–H and O–H groups in total. The fourth-order valence-electron chi connectivity index (χ4n) is 2.55. The molecular formula is C17H16N4O3. The molecule has 7 nitrogen and oxygen atoms in total. The highest BCUT2D eigenvalue weighted by Gasteiger charge is 2.13. The predicted octanol–water partition coefficient (Wildman–Crippen LogP) is 2.45. The van der Waals surface area contributed by atoms with Gasteiger partial charge in [-0.05, 0) is 18.2 Å². The summed E-state index contributed by atoms with van der Waals surface area (Å²) in [5.74, 6) is 0.629. The first-order valence-corrected chi connectivity index (χ1v) is 7.49. The molecule has 122 valence electrons. The normalized spacial score (nSPS) is 10.7. The average molecular weight is 324 g/mol. The van der Waals surface area contributed by atoms with E-state index in [9.17, 15) is 14.9 Å². The highest BCUT2D eigenvalue weighted by Crippen LogP contribution is 2.21. The van der Waals surface area contributed by atoms with Gasteiger partial charge in [-0.1, -0.05) is 18.2 Å². The molecule has 0 aliphatic heterocycles. The van der Waals surface area contributed by atoms with Crippen LogP contribution in [0.25, 0.3) is 11.0 Å². The van der Waals surface area contributed by atoms with Crippen LogP contribution in [0.15, 0.2) is 48.5 Å². The van der Waals surface area contributed by atoms with E-state index >= 15 is 0 Å². The maximum absolute atomic E-state index is 12.0. The molecule has 0 aliphatic rings. The minimum absolute atomic E-state index is 0.0181. The number of nitrogens with one attached hydrogen (secondary N) is 1. The third-order valence-corrected chi connectivity index (χ3v) is 3.84. The number of nitro benzene ring substituents is 1. The van der Waals surface area contributed by atoms with Gasteiger partial charge in [0, 0.05) is 37.7 Å². The molecule has 3 rings (SSSR count). The Morgan fingerprint density at radius 2 is 2.00 bits per heavy atom. The first-order chi connectivity index (χ1) is 11.6. The van der Waals surface area contributed by atoms with Crippen molar-refractivity contribution >= 4 is 22.6 Å². The van der Waals surface area contributed by atoms with Gasteiger partial charge in [0.05, 0.1) is 16.0 Å². The van der Waals surface area contributed by atoms with Crippen molar-refractivity contribution in [2.45, 2.75) is 6.42 Å². The van der Waals surface area contributed by atoms with Crippen molar-refractivity contribution in [2.75, 3.05) is 6.54 Å². The van der Waals surface area contributed by atoms with Gasteiger partial charge in [-0.2, -0.15) is 0 Å². The lowest BCUT2D eigenvalue weighted by Crippen LogP contribution is -2.26. The van der Waals surface area contributed by atoms with Crippen molar-refractivity contribution < 1.29 is 9.72 Å². The lowest BCUT2D eigenvalue weighted by atomic mass is 10.2. The van der Waals surface area contributed by atoms with Crippen LogP contribution in [0, 0.1) is 10.1 Å². The minimum atomic E-state index is -0.437. The van der Waals surface area contributed by atoms with E-state index in [1.54, 1.807) is 18.2 Å². The quantitative estimate of drug-likeness (QED) is 0.576. The number of non-ortho nitro benzene ring substituents is 1. The van der Waals surface area contributed by atoms with Gasteiger partial charge < -0.3 is 9.88 Å². The fourth-order valence-corrected chi connectivity index (χ4v) is 2.55. The molecule has 0 fully saturated rings. The molecule has 0 spiro atoms. The van der Waals surface area contributed by atoms with E-state index < -0.39 is 4.92 Å². The Labute approximate surface area is 138 Å². The molecule has 0 saturated carbocycles. The van der Waals surface area contributed by atoms with Gasteiger partial charge in [0.15, 0.2) is 0 Å². The molecule has 3 aromatic rings. The number of amides is 1. The number of nitrogens with zero attached hydrogens (tertiary/aromatic N) is 3. The molecule has 1 amide bonds. The molecule has 0 unspecified atom stereocenters. The van der Waals surface area contributed by atoms with Crippen LogP contribution in [-0.4, -0.2) is 26.9 Å². The summed E-state index contributed by atoms with van der Waals surface area (Å²) in [4.78, 5) is 26.8. The number of aryl methyl sites for hydroxylation is 1. The molecule has 1 heterocycles. The SMILES string of the molecule is Cn1c(CCNC(=O)c2ccccc2)nc2cc([N+](=O)[O-])ccc21. The Morgan fingerprint density at radius 3 is 2.71 bits per heavy atom. The van der Waals surface area contributed by atoms with E-state index in [2.05, 4.69) is 10.3 Å². The van der Waals surface area contributed by atoms with Crippen molar-refractivity contribution in [1.29, 1.82) is 0 Å². The van der Waals surface area contributed by atoms with Crippen molar-refractivity contribution in [3.05, 3.63) is 70.0 Å². The standard InChI is InChI=1S/C17H16N4O3/c1-20-15-8-7-13(21(23)24)11-14(15)19-16(20)9-10-18-17(22)12-5-3-2-4-6-12/h2-8,11H,9-10H2,1H3,(H,18,22). The average Bonchev–Trinajstić information content (AvgIpc) is 2.91. The van der Waals surface area contributed by atoms with Gasteiger partial charge in [0.25, 0.3) is 11.6 Å². The largest absolute Gasteiger partial charge is 0.352 e. The highest BCUT2D eigenvalue weighted by atomic mass is 16.6. The topological polar surface area (TPSA) is 90.1 Å². The van der Waals surface area contributed by atoms with Crippen LogP contribution in [0.1, 0.15) is 16.2 Å². The molecule has 0 radical (unpaired) electrons. The summed E-state index contributed by atoms with van der Waals surface area (Å²) in [6.07, 6.45) is 0.539. The van der Waals surface area contributed by atoms with E-state index in [0.717, 1.165) is 11.3 Å². The number of imidazole rings is 1. The summed E-state index contributed by atoms with van der Waals surface area (Å²) >= 11 is 0. The van der Waals surface area contributed by atoms with E-state index in [4.69, 9.17) is 0 Å². The maximum atomic E-state index is 12.0. The van der Waals surface area contributed by atoms with Gasteiger partial charge in [-0.15, -0.1) is 0 Å². The molecule has 0 atom stereocenters. The van der Waals surface area contributed by atoms with Crippen LogP contribution in [0.4, 0.5) is 5.69 Å². The number of rotatable bonds is 5. The Morgan fingerprint density at radius 1 is 1.25 bits per heavy atom. The van der Waals surface area contributed by atoms with E-state index in [-0.39, 0.29) is 11.6 Å². The van der Waals surface area contributed by atoms with Crippen LogP contribution >= 0.6 is 0 Å². The zero-order valence-electron chi connectivity index (χ0n) is 13.1. The monoisotopic (exact) mass is 324 g/mol.